The Hall–Kier alpha value is -2.15. The van der Waals surface area contributed by atoms with E-state index in [4.69, 9.17) is 16.6 Å². The van der Waals surface area contributed by atoms with E-state index in [1.165, 1.54) is 31.5 Å². The zero-order valence-electron chi connectivity index (χ0n) is 14.6. The largest absolute Gasteiger partial charge is 0.356 e. The molecule has 0 N–H and O–H groups in total. The van der Waals surface area contributed by atoms with Gasteiger partial charge in [0.1, 0.15) is 5.82 Å². The van der Waals surface area contributed by atoms with E-state index in [0.717, 1.165) is 37.9 Å². The SMILES string of the molecule is Fc1cc(Cl)cnc1N1CCN(c2nccc(N3CCCCC3)n2)CC1. The lowest BCUT2D eigenvalue weighted by Gasteiger charge is -2.36. The monoisotopic (exact) mass is 376 g/mol. The van der Waals surface area contributed by atoms with E-state index in [1.807, 2.05) is 17.2 Å². The van der Waals surface area contributed by atoms with Crippen LogP contribution in [0.1, 0.15) is 19.3 Å². The molecule has 0 spiro atoms. The number of hydrogen-bond donors (Lipinski definition) is 0. The van der Waals surface area contributed by atoms with Gasteiger partial charge in [-0.25, -0.2) is 14.4 Å². The number of aromatic nitrogens is 3. The van der Waals surface area contributed by atoms with Crippen LogP contribution in [0.3, 0.4) is 0 Å². The van der Waals surface area contributed by atoms with Crippen LogP contribution in [0.5, 0.6) is 0 Å². The van der Waals surface area contributed by atoms with Crippen molar-refractivity contribution in [2.45, 2.75) is 19.3 Å². The zero-order valence-corrected chi connectivity index (χ0v) is 15.4. The number of hydrogen-bond acceptors (Lipinski definition) is 6. The van der Waals surface area contributed by atoms with Gasteiger partial charge in [-0.05, 0) is 31.4 Å². The van der Waals surface area contributed by atoms with E-state index in [-0.39, 0.29) is 5.82 Å². The summed E-state index contributed by atoms with van der Waals surface area (Å²) >= 11 is 5.79. The molecule has 0 radical (unpaired) electrons. The highest BCUT2D eigenvalue weighted by molar-refractivity contribution is 6.30. The van der Waals surface area contributed by atoms with Crippen molar-refractivity contribution in [2.75, 3.05) is 54.0 Å². The van der Waals surface area contributed by atoms with Gasteiger partial charge in [-0.1, -0.05) is 11.6 Å². The molecule has 0 bridgehead atoms. The van der Waals surface area contributed by atoms with Gasteiger partial charge in [-0.15, -0.1) is 0 Å². The van der Waals surface area contributed by atoms with E-state index in [2.05, 4.69) is 19.8 Å². The van der Waals surface area contributed by atoms with Gasteiger partial charge in [0.25, 0.3) is 0 Å². The number of anilines is 3. The maximum atomic E-state index is 14.1. The first-order chi connectivity index (χ1) is 12.7. The van der Waals surface area contributed by atoms with Crippen LogP contribution in [-0.2, 0) is 0 Å². The maximum absolute atomic E-state index is 14.1. The second-order valence-electron chi connectivity index (χ2n) is 6.70. The summed E-state index contributed by atoms with van der Waals surface area (Å²) in [4.78, 5) is 19.8. The van der Waals surface area contributed by atoms with E-state index in [0.29, 0.717) is 23.9 Å². The Labute approximate surface area is 157 Å². The van der Waals surface area contributed by atoms with Gasteiger partial charge in [0, 0.05) is 51.7 Å². The molecule has 0 amide bonds. The Morgan fingerprint density at radius 1 is 0.885 bits per heavy atom. The number of halogens is 2. The Morgan fingerprint density at radius 3 is 2.35 bits per heavy atom. The van der Waals surface area contributed by atoms with Crippen LogP contribution in [0.25, 0.3) is 0 Å². The van der Waals surface area contributed by atoms with Gasteiger partial charge in [-0.3, -0.25) is 0 Å². The third-order valence-electron chi connectivity index (χ3n) is 4.96. The van der Waals surface area contributed by atoms with E-state index in [9.17, 15) is 4.39 Å². The van der Waals surface area contributed by atoms with Crippen molar-refractivity contribution in [3.05, 3.63) is 35.4 Å². The molecule has 6 nitrogen and oxygen atoms in total. The summed E-state index contributed by atoms with van der Waals surface area (Å²) in [6.07, 6.45) is 7.05. The highest BCUT2D eigenvalue weighted by Crippen LogP contribution is 2.23. The molecule has 2 aliphatic heterocycles. The first kappa shape index (κ1) is 17.3. The molecule has 8 heteroatoms. The van der Waals surface area contributed by atoms with Crippen molar-refractivity contribution in [3.63, 3.8) is 0 Å². The normalized spacial score (nSPS) is 18.3. The van der Waals surface area contributed by atoms with Gasteiger partial charge in [0.05, 0.1) is 5.02 Å². The van der Waals surface area contributed by atoms with Crippen LogP contribution >= 0.6 is 11.6 Å². The van der Waals surface area contributed by atoms with Gasteiger partial charge in [-0.2, -0.15) is 4.98 Å². The molecule has 138 valence electrons. The van der Waals surface area contributed by atoms with Crippen LogP contribution in [0.2, 0.25) is 5.02 Å². The molecule has 4 rings (SSSR count). The van der Waals surface area contributed by atoms with Gasteiger partial charge in [0.2, 0.25) is 5.95 Å². The molecule has 26 heavy (non-hydrogen) atoms. The summed E-state index contributed by atoms with van der Waals surface area (Å²) in [7, 11) is 0. The molecule has 2 aromatic heterocycles. The Morgan fingerprint density at radius 2 is 1.62 bits per heavy atom. The molecule has 0 unspecified atom stereocenters. The van der Waals surface area contributed by atoms with E-state index >= 15 is 0 Å². The highest BCUT2D eigenvalue weighted by atomic mass is 35.5. The van der Waals surface area contributed by atoms with Crippen LogP contribution < -0.4 is 14.7 Å². The van der Waals surface area contributed by atoms with Crippen molar-refractivity contribution in [3.8, 4) is 0 Å². The Kier molecular flexibility index (Phi) is 5.06. The van der Waals surface area contributed by atoms with Crippen LogP contribution in [0, 0.1) is 5.82 Å². The summed E-state index contributed by atoms with van der Waals surface area (Å²) in [5, 5.41) is 0.313. The van der Waals surface area contributed by atoms with E-state index < -0.39 is 0 Å². The average Bonchev–Trinajstić information content (AvgIpc) is 2.69. The first-order valence-corrected chi connectivity index (χ1v) is 9.47. The second kappa shape index (κ2) is 7.61. The number of piperidine rings is 1. The minimum Gasteiger partial charge on any atom is -0.356 e. The standard InChI is InChI=1S/C18H22ClFN6/c19-14-12-15(20)17(22-13-14)25-8-10-26(11-9-25)18-21-5-4-16(23-18)24-6-2-1-3-7-24/h4-5,12-13H,1-3,6-11H2. The molecule has 2 saturated heterocycles. The highest BCUT2D eigenvalue weighted by Gasteiger charge is 2.23. The number of nitrogens with zero attached hydrogens (tertiary/aromatic N) is 6. The average molecular weight is 377 g/mol. The first-order valence-electron chi connectivity index (χ1n) is 9.10. The van der Waals surface area contributed by atoms with Crippen molar-refractivity contribution in [1.29, 1.82) is 0 Å². The summed E-state index contributed by atoms with van der Waals surface area (Å²) < 4.78 is 14.1. The van der Waals surface area contributed by atoms with Crippen molar-refractivity contribution in [1.82, 2.24) is 15.0 Å². The maximum Gasteiger partial charge on any atom is 0.227 e. The van der Waals surface area contributed by atoms with Crippen LogP contribution in [-0.4, -0.2) is 54.2 Å². The van der Waals surface area contributed by atoms with Gasteiger partial charge < -0.3 is 14.7 Å². The van der Waals surface area contributed by atoms with Crippen molar-refractivity contribution in [2.24, 2.45) is 0 Å². The fourth-order valence-electron chi connectivity index (χ4n) is 3.55. The molecule has 2 fully saturated rings. The molecule has 0 aromatic carbocycles. The third kappa shape index (κ3) is 3.67. The second-order valence-corrected chi connectivity index (χ2v) is 7.13. The quantitative estimate of drug-likeness (QED) is 0.820. The third-order valence-corrected chi connectivity index (χ3v) is 5.17. The van der Waals surface area contributed by atoms with Gasteiger partial charge >= 0.3 is 0 Å². The predicted molar refractivity (Wildman–Crippen MR) is 102 cm³/mol. The van der Waals surface area contributed by atoms with Crippen LogP contribution in [0.4, 0.5) is 22.0 Å². The fraction of sp³-hybridized carbons (Fsp3) is 0.500. The summed E-state index contributed by atoms with van der Waals surface area (Å²) in [6, 6.07) is 3.29. The van der Waals surface area contributed by atoms with Crippen LogP contribution in [0.15, 0.2) is 24.5 Å². The predicted octanol–water partition coefficient (Wildman–Crippen LogP) is 2.98. The Balaban J connectivity index is 1.43. The number of rotatable bonds is 3. The number of pyridine rings is 1. The lowest BCUT2D eigenvalue weighted by atomic mass is 10.1. The lowest BCUT2D eigenvalue weighted by molar-refractivity contribution is 0.570. The molecule has 2 aromatic rings. The molecular formula is C18H22ClFN6. The minimum absolute atomic E-state index is 0.313. The molecule has 4 heterocycles. The lowest BCUT2D eigenvalue weighted by Crippen LogP contribution is -2.47. The molecule has 2 aliphatic rings. The molecule has 0 aliphatic carbocycles. The van der Waals surface area contributed by atoms with Crippen molar-refractivity contribution >= 4 is 29.2 Å². The smallest absolute Gasteiger partial charge is 0.227 e. The topological polar surface area (TPSA) is 48.4 Å². The summed E-state index contributed by atoms with van der Waals surface area (Å²) in [6.45, 7) is 4.92. The zero-order chi connectivity index (χ0) is 17.9. The fourth-order valence-corrected chi connectivity index (χ4v) is 3.69. The summed E-state index contributed by atoms with van der Waals surface area (Å²) in [5.74, 6) is 1.73. The molecule has 0 atom stereocenters. The minimum atomic E-state index is -0.380. The number of piperazine rings is 1. The molecule has 0 saturated carbocycles. The van der Waals surface area contributed by atoms with Crippen molar-refractivity contribution < 1.29 is 4.39 Å². The van der Waals surface area contributed by atoms with E-state index in [1.54, 1.807) is 0 Å². The summed E-state index contributed by atoms with van der Waals surface area (Å²) in [5.41, 5.74) is 0. The Bertz CT molecular complexity index is 759. The van der Waals surface area contributed by atoms with Gasteiger partial charge in [0.15, 0.2) is 11.6 Å². The molecular weight excluding hydrogens is 355 g/mol.